The lowest BCUT2D eigenvalue weighted by molar-refractivity contribution is -0.140. The standard InChI is InChI=1S/C15H22N2O3/c1-5-10(2)13(14(18)19)16-15(20)17(4)12-9-7-6-8-11(12)3/h6-10,13H,5H2,1-4H3,(H,16,20)(H,18,19)/t10?,13-/m0/s1. The number of para-hydroxylation sites is 1. The van der Waals surface area contributed by atoms with E-state index in [4.69, 9.17) is 0 Å². The van der Waals surface area contributed by atoms with Crippen LogP contribution < -0.4 is 10.2 Å². The predicted molar refractivity (Wildman–Crippen MR) is 79.0 cm³/mol. The number of carboxylic acids is 1. The normalized spacial score (nSPS) is 13.4. The van der Waals surface area contributed by atoms with Gasteiger partial charge in [-0.05, 0) is 24.5 Å². The van der Waals surface area contributed by atoms with Crippen molar-refractivity contribution in [3.05, 3.63) is 29.8 Å². The molecule has 2 amide bonds. The van der Waals surface area contributed by atoms with Crippen LogP contribution in [0.15, 0.2) is 24.3 Å². The van der Waals surface area contributed by atoms with Crippen molar-refractivity contribution in [3.63, 3.8) is 0 Å². The van der Waals surface area contributed by atoms with Crippen LogP contribution >= 0.6 is 0 Å². The molecule has 0 radical (unpaired) electrons. The molecule has 1 rings (SSSR count). The fraction of sp³-hybridized carbons (Fsp3) is 0.467. The van der Waals surface area contributed by atoms with Crippen molar-refractivity contribution in [1.82, 2.24) is 5.32 Å². The van der Waals surface area contributed by atoms with Crippen LogP contribution in [0.5, 0.6) is 0 Å². The molecule has 0 aliphatic heterocycles. The van der Waals surface area contributed by atoms with E-state index in [9.17, 15) is 14.7 Å². The minimum Gasteiger partial charge on any atom is -0.480 e. The summed E-state index contributed by atoms with van der Waals surface area (Å²) in [5, 5.41) is 11.8. The summed E-state index contributed by atoms with van der Waals surface area (Å²) < 4.78 is 0. The molecule has 0 saturated heterocycles. The lowest BCUT2D eigenvalue weighted by Crippen LogP contribution is -2.49. The second-order valence-corrected chi connectivity index (χ2v) is 5.00. The van der Waals surface area contributed by atoms with E-state index in [0.717, 1.165) is 11.3 Å². The van der Waals surface area contributed by atoms with Crippen LogP contribution in [0.25, 0.3) is 0 Å². The van der Waals surface area contributed by atoms with Gasteiger partial charge in [-0.2, -0.15) is 0 Å². The predicted octanol–water partition coefficient (Wildman–Crippen LogP) is 2.64. The molecule has 110 valence electrons. The van der Waals surface area contributed by atoms with Crippen LogP contribution in [0.4, 0.5) is 10.5 Å². The highest BCUT2D eigenvalue weighted by Gasteiger charge is 2.27. The first-order valence-corrected chi connectivity index (χ1v) is 6.71. The molecule has 0 saturated carbocycles. The zero-order valence-corrected chi connectivity index (χ0v) is 12.4. The summed E-state index contributed by atoms with van der Waals surface area (Å²) in [6.45, 7) is 5.62. The fourth-order valence-corrected chi connectivity index (χ4v) is 1.96. The van der Waals surface area contributed by atoms with Crippen molar-refractivity contribution in [2.45, 2.75) is 33.2 Å². The molecule has 0 bridgehead atoms. The number of hydrogen-bond donors (Lipinski definition) is 2. The molecule has 1 unspecified atom stereocenters. The summed E-state index contributed by atoms with van der Waals surface area (Å²) in [6, 6.07) is 6.18. The molecule has 0 spiro atoms. The van der Waals surface area contributed by atoms with Crippen LogP contribution in [0.2, 0.25) is 0 Å². The third-order valence-electron chi connectivity index (χ3n) is 3.54. The van der Waals surface area contributed by atoms with Gasteiger partial charge in [0.15, 0.2) is 0 Å². The smallest absolute Gasteiger partial charge is 0.326 e. The zero-order valence-electron chi connectivity index (χ0n) is 12.4. The van der Waals surface area contributed by atoms with Crippen molar-refractivity contribution in [2.24, 2.45) is 5.92 Å². The summed E-state index contributed by atoms with van der Waals surface area (Å²) in [7, 11) is 1.63. The number of nitrogens with zero attached hydrogens (tertiary/aromatic N) is 1. The summed E-state index contributed by atoms with van der Waals surface area (Å²) >= 11 is 0. The van der Waals surface area contributed by atoms with Crippen LogP contribution in [-0.2, 0) is 4.79 Å². The fourth-order valence-electron chi connectivity index (χ4n) is 1.96. The number of amides is 2. The van der Waals surface area contributed by atoms with Gasteiger partial charge in [0.1, 0.15) is 6.04 Å². The molecule has 2 N–H and O–H groups in total. The molecule has 5 heteroatoms. The average molecular weight is 278 g/mol. The molecule has 0 heterocycles. The maximum absolute atomic E-state index is 12.2. The van der Waals surface area contributed by atoms with Gasteiger partial charge in [-0.3, -0.25) is 4.90 Å². The lowest BCUT2D eigenvalue weighted by atomic mass is 9.99. The van der Waals surface area contributed by atoms with Gasteiger partial charge in [-0.15, -0.1) is 0 Å². The highest BCUT2D eigenvalue weighted by atomic mass is 16.4. The number of carbonyl (C=O) groups excluding carboxylic acids is 1. The zero-order chi connectivity index (χ0) is 15.3. The minimum atomic E-state index is -1.01. The van der Waals surface area contributed by atoms with Crippen LogP contribution in [0.3, 0.4) is 0 Å². The Kier molecular flexibility index (Phi) is 5.55. The van der Waals surface area contributed by atoms with Gasteiger partial charge in [0.25, 0.3) is 0 Å². The Morgan fingerprint density at radius 3 is 2.45 bits per heavy atom. The number of rotatable bonds is 5. The number of urea groups is 1. The summed E-state index contributed by atoms with van der Waals surface area (Å²) in [4.78, 5) is 24.8. The SMILES string of the molecule is CCC(C)[C@H](NC(=O)N(C)c1ccccc1C)C(=O)O. The van der Waals surface area contributed by atoms with Crippen molar-refractivity contribution in [1.29, 1.82) is 0 Å². The van der Waals surface area contributed by atoms with Gasteiger partial charge in [0.05, 0.1) is 0 Å². The van der Waals surface area contributed by atoms with E-state index < -0.39 is 18.0 Å². The topological polar surface area (TPSA) is 69.6 Å². The molecule has 0 aliphatic rings. The quantitative estimate of drug-likeness (QED) is 0.870. The second kappa shape index (κ2) is 6.93. The van der Waals surface area contributed by atoms with E-state index in [2.05, 4.69) is 5.32 Å². The van der Waals surface area contributed by atoms with Gasteiger partial charge in [0.2, 0.25) is 0 Å². The Morgan fingerprint density at radius 2 is 1.95 bits per heavy atom. The Balaban J connectivity index is 2.84. The lowest BCUT2D eigenvalue weighted by Gasteiger charge is -2.25. The van der Waals surface area contributed by atoms with Crippen molar-refractivity contribution < 1.29 is 14.7 Å². The van der Waals surface area contributed by atoms with Gasteiger partial charge in [0, 0.05) is 12.7 Å². The summed E-state index contributed by atoms with van der Waals surface area (Å²) in [5.41, 5.74) is 1.72. The first-order valence-electron chi connectivity index (χ1n) is 6.71. The van der Waals surface area contributed by atoms with E-state index in [1.54, 1.807) is 7.05 Å². The van der Waals surface area contributed by atoms with E-state index in [0.29, 0.717) is 6.42 Å². The highest BCUT2D eigenvalue weighted by Crippen LogP contribution is 2.18. The summed E-state index contributed by atoms with van der Waals surface area (Å²) in [6.07, 6.45) is 0.686. The number of anilines is 1. The van der Waals surface area contributed by atoms with E-state index in [1.165, 1.54) is 4.90 Å². The van der Waals surface area contributed by atoms with Crippen LogP contribution in [0, 0.1) is 12.8 Å². The Hall–Kier alpha value is -2.04. The first-order chi connectivity index (χ1) is 9.38. The second-order valence-electron chi connectivity index (χ2n) is 5.00. The van der Waals surface area contributed by atoms with E-state index in [1.807, 2.05) is 45.0 Å². The maximum atomic E-state index is 12.2. The Bertz CT molecular complexity index is 488. The number of carboxylic acid groups (broad SMARTS) is 1. The molecule has 1 aromatic carbocycles. The number of hydrogen-bond acceptors (Lipinski definition) is 2. The Morgan fingerprint density at radius 1 is 1.35 bits per heavy atom. The van der Waals surface area contributed by atoms with E-state index in [-0.39, 0.29) is 5.92 Å². The largest absolute Gasteiger partial charge is 0.480 e. The summed E-state index contributed by atoms with van der Waals surface area (Å²) in [5.74, 6) is -1.13. The average Bonchev–Trinajstić information content (AvgIpc) is 2.43. The maximum Gasteiger partial charge on any atom is 0.326 e. The molecule has 2 atom stereocenters. The third-order valence-corrected chi connectivity index (χ3v) is 3.54. The molecule has 5 nitrogen and oxygen atoms in total. The minimum absolute atomic E-state index is 0.123. The Labute approximate surface area is 119 Å². The molecule has 1 aromatic rings. The van der Waals surface area contributed by atoms with Crippen molar-refractivity contribution in [3.8, 4) is 0 Å². The number of aryl methyl sites for hydroxylation is 1. The first kappa shape index (κ1) is 16.0. The van der Waals surface area contributed by atoms with Gasteiger partial charge in [-0.1, -0.05) is 38.5 Å². The van der Waals surface area contributed by atoms with Crippen molar-refractivity contribution >= 4 is 17.7 Å². The van der Waals surface area contributed by atoms with Gasteiger partial charge < -0.3 is 10.4 Å². The van der Waals surface area contributed by atoms with Gasteiger partial charge in [-0.25, -0.2) is 9.59 Å². The monoisotopic (exact) mass is 278 g/mol. The number of aliphatic carboxylic acids is 1. The molecule has 0 aromatic heterocycles. The molecular weight excluding hydrogens is 256 g/mol. The number of carbonyl (C=O) groups is 2. The third kappa shape index (κ3) is 3.73. The molecule has 20 heavy (non-hydrogen) atoms. The number of benzene rings is 1. The van der Waals surface area contributed by atoms with Crippen LogP contribution in [0.1, 0.15) is 25.8 Å². The highest BCUT2D eigenvalue weighted by molar-refractivity contribution is 5.94. The molecule has 0 fully saturated rings. The van der Waals surface area contributed by atoms with E-state index >= 15 is 0 Å². The van der Waals surface area contributed by atoms with Gasteiger partial charge >= 0.3 is 12.0 Å². The number of nitrogens with one attached hydrogen (secondary N) is 1. The molecule has 0 aliphatic carbocycles. The van der Waals surface area contributed by atoms with Crippen LogP contribution in [-0.4, -0.2) is 30.2 Å². The van der Waals surface area contributed by atoms with Crippen molar-refractivity contribution in [2.75, 3.05) is 11.9 Å². The molecular formula is C15H22N2O3.